The lowest BCUT2D eigenvalue weighted by molar-refractivity contribution is -0.118. The predicted molar refractivity (Wildman–Crippen MR) is 61.7 cm³/mol. The molecule has 1 heterocycles. The molecule has 0 aromatic heterocycles. The monoisotopic (exact) mass is 234 g/mol. The lowest BCUT2D eigenvalue weighted by atomic mass is 10.1. The minimum atomic E-state index is -0.328. The molecule has 1 aliphatic rings. The summed E-state index contributed by atoms with van der Waals surface area (Å²) in [7, 11) is 0. The Morgan fingerprint density at radius 1 is 1.41 bits per heavy atom. The number of amides is 3. The zero-order valence-corrected chi connectivity index (χ0v) is 9.56. The number of hydrogen-bond donors (Lipinski definition) is 2. The number of carbonyl (C=O) groups excluding carboxylic acids is 2. The molecule has 1 fully saturated rings. The quantitative estimate of drug-likeness (QED) is 0.760. The first-order chi connectivity index (χ1) is 8.06. The van der Waals surface area contributed by atoms with Gasteiger partial charge < -0.3 is 10.0 Å². The third-order valence-electron chi connectivity index (χ3n) is 2.80. The Kier molecular flexibility index (Phi) is 2.99. The van der Waals surface area contributed by atoms with Crippen molar-refractivity contribution in [1.82, 2.24) is 10.2 Å². The van der Waals surface area contributed by atoms with Crippen LogP contribution in [-0.2, 0) is 11.2 Å². The molecule has 5 heteroatoms. The van der Waals surface area contributed by atoms with Crippen LogP contribution in [-0.4, -0.2) is 35.0 Å². The van der Waals surface area contributed by atoms with Gasteiger partial charge in [-0.05, 0) is 30.5 Å². The van der Waals surface area contributed by atoms with Gasteiger partial charge in [0, 0.05) is 6.54 Å². The lowest BCUT2D eigenvalue weighted by Crippen LogP contribution is -2.30. The largest absolute Gasteiger partial charge is 0.508 e. The van der Waals surface area contributed by atoms with E-state index >= 15 is 0 Å². The van der Waals surface area contributed by atoms with E-state index in [1.165, 1.54) is 4.90 Å². The van der Waals surface area contributed by atoms with E-state index in [9.17, 15) is 14.7 Å². The SMILES string of the molecule is Cc1cc(CCN2CC(=O)NC2=O)ccc1O. The van der Waals surface area contributed by atoms with Gasteiger partial charge in [0.2, 0.25) is 5.91 Å². The van der Waals surface area contributed by atoms with E-state index in [0.717, 1.165) is 11.1 Å². The van der Waals surface area contributed by atoms with Gasteiger partial charge in [-0.3, -0.25) is 10.1 Å². The second kappa shape index (κ2) is 4.45. The smallest absolute Gasteiger partial charge is 0.324 e. The fourth-order valence-electron chi connectivity index (χ4n) is 1.80. The number of carbonyl (C=O) groups is 2. The van der Waals surface area contributed by atoms with E-state index in [0.29, 0.717) is 13.0 Å². The summed E-state index contributed by atoms with van der Waals surface area (Å²) in [5, 5.41) is 11.6. The third-order valence-corrected chi connectivity index (χ3v) is 2.80. The van der Waals surface area contributed by atoms with Crippen LogP contribution >= 0.6 is 0 Å². The number of rotatable bonds is 3. The van der Waals surface area contributed by atoms with E-state index in [4.69, 9.17) is 0 Å². The molecule has 90 valence electrons. The van der Waals surface area contributed by atoms with E-state index < -0.39 is 0 Å². The molecule has 5 nitrogen and oxygen atoms in total. The van der Waals surface area contributed by atoms with E-state index in [1.807, 2.05) is 19.1 Å². The van der Waals surface area contributed by atoms with Crippen LogP contribution in [0.3, 0.4) is 0 Å². The van der Waals surface area contributed by atoms with Gasteiger partial charge in [-0.1, -0.05) is 12.1 Å². The zero-order chi connectivity index (χ0) is 12.4. The Morgan fingerprint density at radius 2 is 2.18 bits per heavy atom. The highest BCUT2D eigenvalue weighted by Crippen LogP contribution is 2.17. The Labute approximate surface area is 99.0 Å². The predicted octanol–water partition coefficient (Wildman–Crippen LogP) is 0.795. The van der Waals surface area contributed by atoms with Crippen LogP contribution in [0.1, 0.15) is 11.1 Å². The molecule has 1 aliphatic heterocycles. The highest BCUT2D eigenvalue weighted by molar-refractivity contribution is 6.01. The summed E-state index contributed by atoms with van der Waals surface area (Å²) >= 11 is 0. The zero-order valence-electron chi connectivity index (χ0n) is 9.56. The number of hydrogen-bond acceptors (Lipinski definition) is 3. The number of benzene rings is 1. The van der Waals surface area contributed by atoms with Crippen molar-refractivity contribution in [3.05, 3.63) is 29.3 Å². The number of aryl methyl sites for hydroxylation is 1. The summed E-state index contributed by atoms with van der Waals surface area (Å²) in [6, 6.07) is 5.01. The van der Waals surface area contributed by atoms with Crippen LogP contribution in [0.15, 0.2) is 18.2 Å². The minimum Gasteiger partial charge on any atom is -0.508 e. The number of imide groups is 1. The summed E-state index contributed by atoms with van der Waals surface area (Å²) in [6.07, 6.45) is 0.668. The van der Waals surface area contributed by atoms with E-state index in [2.05, 4.69) is 5.32 Å². The topological polar surface area (TPSA) is 69.6 Å². The van der Waals surface area contributed by atoms with Gasteiger partial charge in [0.15, 0.2) is 0 Å². The molecule has 0 spiro atoms. The number of phenols is 1. The highest BCUT2D eigenvalue weighted by atomic mass is 16.3. The van der Waals surface area contributed by atoms with Gasteiger partial charge >= 0.3 is 6.03 Å². The van der Waals surface area contributed by atoms with Crippen molar-refractivity contribution in [2.45, 2.75) is 13.3 Å². The van der Waals surface area contributed by atoms with Crippen LogP contribution in [0, 0.1) is 6.92 Å². The van der Waals surface area contributed by atoms with Gasteiger partial charge in [0.05, 0.1) is 0 Å². The number of nitrogens with zero attached hydrogens (tertiary/aromatic N) is 1. The Hall–Kier alpha value is -2.04. The standard InChI is InChI=1S/C12H14N2O3/c1-8-6-9(2-3-10(8)15)4-5-14-7-11(16)13-12(14)17/h2-3,6,15H,4-5,7H2,1H3,(H,13,16,17). The van der Waals surface area contributed by atoms with Gasteiger partial charge in [0.1, 0.15) is 12.3 Å². The average Bonchev–Trinajstić information content (AvgIpc) is 2.59. The molecule has 0 aliphatic carbocycles. The molecular formula is C12H14N2O3. The van der Waals surface area contributed by atoms with Crippen molar-refractivity contribution < 1.29 is 14.7 Å². The van der Waals surface area contributed by atoms with Gasteiger partial charge in [-0.25, -0.2) is 4.79 Å². The maximum absolute atomic E-state index is 11.3. The van der Waals surface area contributed by atoms with Gasteiger partial charge in [-0.2, -0.15) is 0 Å². The summed E-state index contributed by atoms with van der Waals surface area (Å²) in [5.41, 5.74) is 1.84. The molecule has 0 saturated carbocycles. The van der Waals surface area contributed by atoms with Crippen LogP contribution in [0.2, 0.25) is 0 Å². The minimum absolute atomic E-state index is 0.135. The molecule has 2 N–H and O–H groups in total. The van der Waals surface area contributed by atoms with E-state index in [-0.39, 0.29) is 24.2 Å². The van der Waals surface area contributed by atoms with Gasteiger partial charge in [0.25, 0.3) is 0 Å². The first-order valence-corrected chi connectivity index (χ1v) is 5.43. The van der Waals surface area contributed by atoms with Crippen molar-refractivity contribution in [3.8, 4) is 5.75 Å². The summed E-state index contributed by atoms with van der Waals surface area (Å²) in [4.78, 5) is 23.7. The maximum Gasteiger partial charge on any atom is 0.324 e. The fourth-order valence-corrected chi connectivity index (χ4v) is 1.80. The van der Waals surface area contributed by atoms with Gasteiger partial charge in [-0.15, -0.1) is 0 Å². The molecule has 1 aromatic rings. The van der Waals surface area contributed by atoms with Crippen LogP contribution in [0.4, 0.5) is 4.79 Å². The summed E-state index contributed by atoms with van der Waals surface area (Å²) in [5.74, 6) is 0.0136. The van der Waals surface area contributed by atoms with Crippen molar-refractivity contribution in [3.63, 3.8) is 0 Å². The Morgan fingerprint density at radius 3 is 2.76 bits per heavy atom. The number of urea groups is 1. The first-order valence-electron chi connectivity index (χ1n) is 5.43. The number of aromatic hydroxyl groups is 1. The molecule has 1 aromatic carbocycles. The summed E-state index contributed by atoms with van der Waals surface area (Å²) in [6.45, 7) is 2.46. The summed E-state index contributed by atoms with van der Waals surface area (Å²) < 4.78 is 0. The number of nitrogens with one attached hydrogen (secondary N) is 1. The molecule has 1 saturated heterocycles. The highest BCUT2D eigenvalue weighted by Gasteiger charge is 2.25. The normalized spacial score (nSPS) is 15.2. The van der Waals surface area contributed by atoms with Crippen molar-refractivity contribution in [2.24, 2.45) is 0 Å². The third kappa shape index (κ3) is 2.55. The average molecular weight is 234 g/mol. The Bertz CT molecular complexity index is 471. The van der Waals surface area contributed by atoms with Crippen LogP contribution in [0.25, 0.3) is 0 Å². The molecule has 0 radical (unpaired) electrons. The molecular weight excluding hydrogens is 220 g/mol. The maximum atomic E-state index is 11.3. The molecule has 17 heavy (non-hydrogen) atoms. The second-order valence-electron chi connectivity index (χ2n) is 4.15. The molecule has 3 amide bonds. The van der Waals surface area contributed by atoms with Crippen LogP contribution in [0.5, 0.6) is 5.75 Å². The second-order valence-corrected chi connectivity index (χ2v) is 4.15. The van der Waals surface area contributed by atoms with Crippen molar-refractivity contribution >= 4 is 11.9 Å². The van der Waals surface area contributed by atoms with Crippen LogP contribution < -0.4 is 5.32 Å². The van der Waals surface area contributed by atoms with Crippen molar-refractivity contribution in [1.29, 1.82) is 0 Å². The van der Waals surface area contributed by atoms with Crippen molar-refractivity contribution in [2.75, 3.05) is 13.1 Å². The Balaban J connectivity index is 1.96. The molecule has 0 atom stereocenters. The molecule has 2 rings (SSSR count). The van der Waals surface area contributed by atoms with E-state index in [1.54, 1.807) is 6.07 Å². The lowest BCUT2D eigenvalue weighted by Gasteiger charge is -2.13. The first kappa shape index (κ1) is 11.4. The molecule has 0 unspecified atom stereocenters. The number of phenolic OH excluding ortho intramolecular Hbond substituents is 1. The molecule has 0 bridgehead atoms. The fraction of sp³-hybridized carbons (Fsp3) is 0.333.